The number of amides is 1. The number of halogens is 1. The fraction of sp³-hybridized carbons (Fsp3) is 0.429. The molecule has 2 saturated heterocycles. The molecule has 0 spiro atoms. The Kier molecular flexibility index (Phi) is 8.12. The first-order valence-corrected chi connectivity index (χ1v) is 13.6. The highest BCUT2D eigenvalue weighted by Crippen LogP contribution is 2.29. The lowest BCUT2D eigenvalue weighted by atomic mass is 10.0. The summed E-state index contributed by atoms with van der Waals surface area (Å²) >= 11 is 3.68. The summed E-state index contributed by atoms with van der Waals surface area (Å²) in [7, 11) is 1.57. The number of hydrogen-bond donors (Lipinski definition) is 2. The van der Waals surface area contributed by atoms with Crippen molar-refractivity contribution in [2.75, 3.05) is 33.3 Å². The number of carbonyl (C=O) groups is 1. The van der Waals surface area contributed by atoms with Gasteiger partial charge in [0.25, 0.3) is 5.91 Å². The third-order valence-corrected chi connectivity index (χ3v) is 7.71. The van der Waals surface area contributed by atoms with Gasteiger partial charge in [-0.1, -0.05) is 6.07 Å². The first kappa shape index (κ1) is 25.8. The average molecular weight is 570 g/mol. The van der Waals surface area contributed by atoms with Crippen molar-refractivity contribution >= 4 is 32.8 Å². The number of benzene rings is 2. The molecule has 1 aromatic heterocycles. The lowest BCUT2D eigenvalue weighted by molar-refractivity contribution is 0.0905. The van der Waals surface area contributed by atoms with Gasteiger partial charge in [-0.2, -0.15) is 0 Å². The van der Waals surface area contributed by atoms with Gasteiger partial charge >= 0.3 is 5.63 Å². The van der Waals surface area contributed by atoms with Crippen molar-refractivity contribution in [3.8, 4) is 11.5 Å². The highest BCUT2D eigenvalue weighted by Gasteiger charge is 2.23. The molecule has 1 amide bonds. The third-order valence-electron chi connectivity index (χ3n) is 7.09. The van der Waals surface area contributed by atoms with Crippen LogP contribution in [-0.4, -0.2) is 56.2 Å². The van der Waals surface area contributed by atoms with Crippen LogP contribution in [-0.2, 0) is 6.54 Å². The van der Waals surface area contributed by atoms with E-state index in [-0.39, 0.29) is 17.7 Å². The zero-order chi connectivity index (χ0) is 25.8. The molecule has 0 saturated carbocycles. The normalized spacial score (nSPS) is 17.6. The van der Waals surface area contributed by atoms with Crippen LogP contribution < -0.4 is 25.7 Å². The molecular weight excluding hydrogens is 538 g/mol. The molecule has 2 fully saturated rings. The number of fused-ring (bicyclic) bond motifs is 1. The number of nitrogens with zero attached hydrogens (tertiary/aromatic N) is 1. The molecule has 9 heteroatoms. The maximum atomic E-state index is 12.9. The smallest absolute Gasteiger partial charge is 0.349 e. The minimum atomic E-state index is -0.634. The Balaban J connectivity index is 1.14. The number of rotatable bonds is 7. The maximum absolute atomic E-state index is 12.9. The van der Waals surface area contributed by atoms with Gasteiger partial charge in [0.15, 0.2) is 0 Å². The standard InChI is InChI=1S/C28H32BrN3O5/c1-35-22-3-5-25-19(15-22)16-23(28(34)37-25)27(33)31-20-8-12-32(13-9-20)17-18-2-4-26(24(29)14-18)36-21-6-10-30-11-7-21/h2-5,14-16,20-21,30H,6-13,17H2,1H3,(H,31,33). The van der Waals surface area contributed by atoms with Crippen molar-refractivity contribution in [3.63, 3.8) is 0 Å². The van der Waals surface area contributed by atoms with Crippen LogP contribution in [0.1, 0.15) is 41.6 Å². The first-order valence-electron chi connectivity index (χ1n) is 12.8. The minimum Gasteiger partial charge on any atom is -0.497 e. The highest BCUT2D eigenvalue weighted by atomic mass is 79.9. The number of hydrogen-bond acceptors (Lipinski definition) is 7. The Morgan fingerprint density at radius 1 is 1.11 bits per heavy atom. The lowest BCUT2D eigenvalue weighted by Crippen LogP contribution is -2.45. The van der Waals surface area contributed by atoms with Crippen LogP contribution >= 0.6 is 15.9 Å². The fourth-order valence-corrected chi connectivity index (χ4v) is 5.49. The molecule has 2 N–H and O–H groups in total. The molecule has 3 heterocycles. The van der Waals surface area contributed by atoms with Gasteiger partial charge in [-0.3, -0.25) is 9.69 Å². The van der Waals surface area contributed by atoms with E-state index in [2.05, 4.69) is 49.7 Å². The Morgan fingerprint density at radius 3 is 2.62 bits per heavy atom. The molecule has 196 valence electrons. The van der Waals surface area contributed by atoms with Crippen LogP contribution in [0.4, 0.5) is 0 Å². The Bertz CT molecular complexity index is 1310. The monoisotopic (exact) mass is 569 g/mol. The van der Waals surface area contributed by atoms with Gasteiger partial charge in [0.1, 0.15) is 28.7 Å². The number of ether oxygens (including phenoxy) is 2. The summed E-state index contributed by atoms with van der Waals surface area (Å²) < 4.78 is 17.8. The van der Waals surface area contributed by atoms with Gasteiger partial charge in [0.05, 0.1) is 11.6 Å². The van der Waals surface area contributed by atoms with E-state index in [9.17, 15) is 9.59 Å². The number of nitrogens with one attached hydrogen (secondary N) is 2. The van der Waals surface area contributed by atoms with E-state index < -0.39 is 11.5 Å². The summed E-state index contributed by atoms with van der Waals surface area (Å²) in [6, 6.07) is 13.0. The zero-order valence-electron chi connectivity index (χ0n) is 20.9. The van der Waals surface area contributed by atoms with E-state index in [0.29, 0.717) is 16.7 Å². The topological polar surface area (TPSA) is 93.0 Å². The molecule has 0 atom stereocenters. The second kappa shape index (κ2) is 11.7. The van der Waals surface area contributed by atoms with Crippen LogP contribution in [0.25, 0.3) is 11.0 Å². The molecule has 2 aliphatic heterocycles. The predicted octanol–water partition coefficient (Wildman–Crippen LogP) is 4.09. The third kappa shape index (κ3) is 6.34. The summed E-state index contributed by atoms with van der Waals surface area (Å²) in [5.74, 6) is 1.13. The van der Waals surface area contributed by atoms with Crippen molar-refractivity contribution in [3.05, 3.63) is 68.5 Å². The molecule has 0 radical (unpaired) electrons. The number of carbonyl (C=O) groups excluding carboxylic acids is 1. The van der Waals surface area contributed by atoms with Gasteiger partial charge in [-0.15, -0.1) is 0 Å². The van der Waals surface area contributed by atoms with Gasteiger partial charge in [0.2, 0.25) is 0 Å². The van der Waals surface area contributed by atoms with E-state index in [1.54, 1.807) is 31.4 Å². The SMILES string of the molecule is COc1ccc2oc(=O)c(C(=O)NC3CCN(Cc4ccc(OC5CCNCC5)c(Br)c4)CC3)cc2c1. The van der Waals surface area contributed by atoms with Gasteiger partial charge < -0.3 is 24.5 Å². The van der Waals surface area contributed by atoms with E-state index in [1.807, 2.05) is 0 Å². The molecule has 2 aliphatic rings. The van der Waals surface area contributed by atoms with Crippen molar-refractivity contribution in [2.24, 2.45) is 0 Å². The highest BCUT2D eigenvalue weighted by molar-refractivity contribution is 9.10. The Labute approximate surface area is 224 Å². The molecule has 0 bridgehead atoms. The molecule has 37 heavy (non-hydrogen) atoms. The van der Waals surface area contributed by atoms with Crippen LogP contribution in [0.3, 0.4) is 0 Å². The molecule has 3 aromatic rings. The first-order chi connectivity index (χ1) is 18.0. The molecule has 2 aromatic carbocycles. The number of likely N-dealkylation sites (tertiary alicyclic amines) is 1. The van der Waals surface area contributed by atoms with Crippen molar-refractivity contribution < 1.29 is 18.7 Å². The lowest BCUT2D eigenvalue weighted by Gasteiger charge is -2.32. The van der Waals surface area contributed by atoms with Gasteiger partial charge in [-0.25, -0.2) is 4.79 Å². The molecule has 0 unspecified atom stereocenters. The van der Waals surface area contributed by atoms with Crippen LogP contribution in [0.15, 0.2) is 56.1 Å². The Morgan fingerprint density at radius 2 is 1.89 bits per heavy atom. The minimum absolute atomic E-state index is 0.0108. The zero-order valence-corrected chi connectivity index (χ0v) is 22.5. The molecule has 5 rings (SSSR count). The molecule has 8 nitrogen and oxygen atoms in total. The van der Waals surface area contributed by atoms with Gasteiger partial charge in [-0.05, 0) is 96.7 Å². The fourth-order valence-electron chi connectivity index (χ4n) is 4.97. The van der Waals surface area contributed by atoms with Crippen molar-refractivity contribution in [1.29, 1.82) is 0 Å². The maximum Gasteiger partial charge on any atom is 0.349 e. The summed E-state index contributed by atoms with van der Waals surface area (Å²) in [4.78, 5) is 27.7. The summed E-state index contributed by atoms with van der Waals surface area (Å²) in [6.07, 6.45) is 3.95. The van der Waals surface area contributed by atoms with Crippen molar-refractivity contribution in [2.45, 2.75) is 44.4 Å². The largest absolute Gasteiger partial charge is 0.497 e. The summed E-state index contributed by atoms with van der Waals surface area (Å²) in [5, 5.41) is 7.04. The second-order valence-electron chi connectivity index (χ2n) is 9.71. The van der Waals surface area contributed by atoms with Crippen molar-refractivity contribution in [1.82, 2.24) is 15.5 Å². The Hall–Kier alpha value is -2.88. The molecule has 0 aliphatic carbocycles. The van der Waals surface area contributed by atoms with Crippen LogP contribution in [0.5, 0.6) is 11.5 Å². The summed E-state index contributed by atoms with van der Waals surface area (Å²) in [6.45, 7) is 4.56. The van der Waals surface area contributed by atoms with Crippen LogP contribution in [0.2, 0.25) is 0 Å². The van der Waals surface area contributed by atoms with Crippen LogP contribution in [0, 0.1) is 0 Å². The number of methoxy groups -OCH3 is 1. The quantitative estimate of drug-likeness (QED) is 0.414. The molecular formula is C28H32BrN3O5. The van der Waals surface area contributed by atoms with Gasteiger partial charge in [0, 0.05) is 31.1 Å². The van der Waals surface area contributed by atoms with E-state index >= 15 is 0 Å². The number of piperidine rings is 2. The van der Waals surface area contributed by atoms with E-state index in [0.717, 1.165) is 68.6 Å². The van der Waals surface area contributed by atoms with E-state index in [4.69, 9.17) is 13.9 Å². The average Bonchev–Trinajstić information content (AvgIpc) is 2.91. The second-order valence-corrected chi connectivity index (χ2v) is 10.6. The predicted molar refractivity (Wildman–Crippen MR) is 145 cm³/mol. The van der Waals surface area contributed by atoms with E-state index in [1.165, 1.54) is 5.56 Å². The summed E-state index contributed by atoms with van der Waals surface area (Å²) in [5.41, 5.74) is 1.02.